The zero-order valence-corrected chi connectivity index (χ0v) is 22.3. The van der Waals surface area contributed by atoms with Crippen LogP contribution in [0.5, 0.6) is 0 Å². The highest BCUT2D eigenvalue weighted by Gasteiger charge is 2.32. The Morgan fingerprint density at radius 3 is 2.44 bits per heavy atom. The Hall–Kier alpha value is -1.52. The second-order valence-electron chi connectivity index (χ2n) is 8.56. The van der Waals surface area contributed by atoms with Crippen LogP contribution < -0.4 is 5.09 Å². The van der Waals surface area contributed by atoms with Gasteiger partial charge in [-0.3, -0.25) is 9.09 Å². The molecular formula is C21H34Cl2N6O4P+. The molecule has 1 N–H and O–H groups in total. The van der Waals surface area contributed by atoms with Gasteiger partial charge in [0, 0.05) is 43.4 Å². The first-order chi connectivity index (χ1) is 16.1. The summed E-state index contributed by atoms with van der Waals surface area (Å²) in [5.41, 5.74) is 1.70. The molecule has 1 unspecified atom stereocenters. The lowest BCUT2D eigenvalue weighted by Crippen LogP contribution is -2.41. The summed E-state index contributed by atoms with van der Waals surface area (Å²) in [6.45, 7) is 2.73. The Labute approximate surface area is 211 Å². The molecule has 34 heavy (non-hydrogen) atoms. The van der Waals surface area contributed by atoms with Gasteiger partial charge in [0.15, 0.2) is 0 Å². The van der Waals surface area contributed by atoms with Gasteiger partial charge in [0.1, 0.15) is 25.0 Å². The molecule has 0 radical (unpaired) electrons. The van der Waals surface area contributed by atoms with Crippen molar-refractivity contribution < 1.29 is 18.5 Å². The van der Waals surface area contributed by atoms with Gasteiger partial charge in [-0.1, -0.05) is 35.3 Å². The maximum atomic E-state index is 13.8. The molecule has 0 spiro atoms. The molecular weight excluding hydrogens is 502 g/mol. The van der Waals surface area contributed by atoms with Gasteiger partial charge < -0.3 is 14.6 Å². The summed E-state index contributed by atoms with van der Waals surface area (Å²) in [6, 6.07) is 10.3. The van der Waals surface area contributed by atoms with Crippen LogP contribution in [0.2, 0.25) is 0 Å². The minimum atomic E-state index is -3.51. The van der Waals surface area contributed by atoms with Crippen LogP contribution in [0.25, 0.3) is 0 Å². The van der Waals surface area contributed by atoms with E-state index in [0.29, 0.717) is 25.3 Å². The number of hydrogen-bond donors (Lipinski definition) is 1. The molecule has 0 aliphatic heterocycles. The summed E-state index contributed by atoms with van der Waals surface area (Å²) in [5, 5.41) is 14.2. The first-order valence-corrected chi connectivity index (χ1v) is 13.6. The van der Waals surface area contributed by atoms with E-state index < -0.39 is 12.6 Å². The Kier molecular flexibility index (Phi) is 11.4. The van der Waals surface area contributed by atoms with Crippen LogP contribution in [0.15, 0.2) is 36.5 Å². The Morgan fingerprint density at radius 1 is 1.24 bits per heavy atom. The predicted molar refractivity (Wildman–Crippen MR) is 135 cm³/mol. The summed E-state index contributed by atoms with van der Waals surface area (Å²) in [4.78, 5) is 14.3. The van der Waals surface area contributed by atoms with Crippen molar-refractivity contribution >= 4 is 36.8 Å². The SMILES string of the molecule is Cn1c(COP(=O)(NCCC[N+](C)(C)Cc2ccccc2)N(CCCl)CCCl)cnc1[N+](=O)[O-]. The van der Waals surface area contributed by atoms with Crippen LogP contribution in [0, 0.1) is 10.1 Å². The van der Waals surface area contributed by atoms with E-state index in [1.165, 1.54) is 23.4 Å². The molecule has 0 aliphatic rings. The van der Waals surface area contributed by atoms with E-state index in [4.69, 9.17) is 27.7 Å². The lowest BCUT2D eigenvalue weighted by atomic mass is 10.2. The molecule has 1 aromatic carbocycles. The number of nitro groups is 1. The minimum absolute atomic E-state index is 0.113. The minimum Gasteiger partial charge on any atom is -0.390 e. The van der Waals surface area contributed by atoms with E-state index in [9.17, 15) is 14.7 Å². The van der Waals surface area contributed by atoms with E-state index in [1.807, 2.05) is 18.2 Å². The summed E-state index contributed by atoms with van der Waals surface area (Å²) >= 11 is 11.9. The molecule has 0 saturated carbocycles. The van der Waals surface area contributed by atoms with Gasteiger partial charge in [0.25, 0.3) is 0 Å². The second-order valence-corrected chi connectivity index (χ2v) is 11.5. The molecule has 1 heterocycles. The molecule has 1 atom stereocenters. The number of imidazole rings is 1. The summed E-state index contributed by atoms with van der Waals surface area (Å²) in [6.07, 6.45) is 2.11. The van der Waals surface area contributed by atoms with Crippen LogP contribution in [-0.4, -0.2) is 75.7 Å². The quantitative estimate of drug-likeness (QED) is 0.0865. The van der Waals surface area contributed by atoms with Crippen molar-refractivity contribution in [2.24, 2.45) is 7.05 Å². The van der Waals surface area contributed by atoms with Crippen molar-refractivity contribution in [1.29, 1.82) is 0 Å². The normalized spacial score (nSPS) is 13.8. The van der Waals surface area contributed by atoms with Crippen molar-refractivity contribution in [2.75, 3.05) is 52.0 Å². The lowest BCUT2D eigenvalue weighted by Gasteiger charge is -2.32. The topological polar surface area (TPSA) is 103 Å². The second kappa shape index (κ2) is 13.5. The van der Waals surface area contributed by atoms with Crippen molar-refractivity contribution in [3.8, 4) is 0 Å². The zero-order valence-electron chi connectivity index (χ0n) is 19.9. The number of quaternary nitrogens is 1. The standard InChI is InChI=1S/C21H34Cl2N6O4P/c1-26-20(16-24-21(26)28(30)31)18-33-34(32,27(13-10-22)14-11-23)25-12-7-15-29(2,3)17-19-8-5-4-6-9-19/h4-6,8-9,16H,7,10-15,17-18H2,1-3H3,(H,25,32)/q+1. The fourth-order valence-electron chi connectivity index (χ4n) is 3.57. The highest BCUT2D eigenvalue weighted by atomic mass is 35.5. The molecule has 0 bridgehead atoms. The van der Waals surface area contributed by atoms with Crippen molar-refractivity contribution in [3.05, 3.63) is 57.9 Å². The predicted octanol–water partition coefficient (Wildman–Crippen LogP) is 3.99. The van der Waals surface area contributed by atoms with Crippen molar-refractivity contribution in [1.82, 2.24) is 19.3 Å². The van der Waals surface area contributed by atoms with Crippen molar-refractivity contribution in [2.45, 2.75) is 19.6 Å². The van der Waals surface area contributed by atoms with E-state index in [1.54, 1.807) is 4.67 Å². The molecule has 1 aromatic heterocycles. The molecule has 190 valence electrons. The van der Waals surface area contributed by atoms with Crippen LogP contribution >= 0.6 is 30.9 Å². The van der Waals surface area contributed by atoms with Gasteiger partial charge >= 0.3 is 13.6 Å². The fraction of sp³-hybridized carbons (Fsp3) is 0.571. The van der Waals surface area contributed by atoms with Crippen molar-refractivity contribution in [3.63, 3.8) is 0 Å². The highest BCUT2D eigenvalue weighted by Crippen LogP contribution is 2.47. The number of rotatable bonds is 16. The third kappa shape index (κ3) is 8.61. The van der Waals surface area contributed by atoms with E-state index in [-0.39, 0.29) is 24.3 Å². The molecule has 2 rings (SSSR count). The molecule has 0 fully saturated rings. The average Bonchev–Trinajstić information content (AvgIpc) is 3.16. The van der Waals surface area contributed by atoms with E-state index in [2.05, 4.69) is 36.3 Å². The van der Waals surface area contributed by atoms with E-state index >= 15 is 0 Å². The Morgan fingerprint density at radius 2 is 1.88 bits per heavy atom. The van der Waals surface area contributed by atoms with Gasteiger partial charge in [0.2, 0.25) is 0 Å². The highest BCUT2D eigenvalue weighted by molar-refractivity contribution is 7.54. The van der Waals surface area contributed by atoms with Crippen LogP contribution in [0.4, 0.5) is 5.95 Å². The number of hydrogen-bond acceptors (Lipinski definition) is 5. The van der Waals surface area contributed by atoms with Gasteiger partial charge in [-0.25, -0.2) is 14.3 Å². The molecule has 10 nitrogen and oxygen atoms in total. The zero-order chi connectivity index (χ0) is 25.2. The summed E-state index contributed by atoms with van der Waals surface area (Å²) in [7, 11) is 2.32. The Balaban J connectivity index is 2.03. The first kappa shape index (κ1) is 28.7. The first-order valence-electron chi connectivity index (χ1n) is 11.0. The molecule has 0 aliphatic carbocycles. The number of benzene rings is 1. The number of halogens is 2. The van der Waals surface area contributed by atoms with Gasteiger partial charge in [-0.2, -0.15) is 0 Å². The largest absolute Gasteiger partial charge is 0.434 e. The van der Waals surface area contributed by atoms with Gasteiger partial charge in [0.05, 0.1) is 27.7 Å². The smallest absolute Gasteiger partial charge is 0.390 e. The van der Waals surface area contributed by atoms with Gasteiger partial charge in [-0.15, -0.1) is 23.2 Å². The third-order valence-corrected chi connectivity index (χ3v) is 7.96. The molecule has 2 aromatic rings. The number of nitrogens with zero attached hydrogens (tertiary/aromatic N) is 5. The maximum absolute atomic E-state index is 13.8. The summed E-state index contributed by atoms with van der Waals surface area (Å²) in [5.74, 6) is 0.201. The number of alkyl halides is 2. The van der Waals surface area contributed by atoms with E-state index in [0.717, 1.165) is 24.0 Å². The third-order valence-electron chi connectivity index (χ3n) is 5.37. The fourth-order valence-corrected chi connectivity index (χ4v) is 6.15. The molecule has 0 saturated heterocycles. The average molecular weight is 536 g/mol. The maximum Gasteiger partial charge on any atom is 0.434 e. The Bertz CT molecular complexity index is 954. The van der Waals surface area contributed by atoms with Crippen LogP contribution in [-0.2, 0) is 29.3 Å². The number of aromatic nitrogens is 2. The summed E-state index contributed by atoms with van der Waals surface area (Å²) < 4.78 is 23.4. The van der Waals surface area contributed by atoms with Crippen LogP contribution in [0.1, 0.15) is 17.7 Å². The van der Waals surface area contributed by atoms with Gasteiger partial charge in [-0.05, 0) is 4.92 Å². The molecule has 0 amide bonds. The number of nitrogens with one attached hydrogen (secondary N) is 1. The molecule has 13 heteroatoms. The lowest BCUT2D eigenvalue weighted by molar-refractivity contribution is -0.903. The monoisotopic (exact) mass is 535 g/mol. The van der Waals surface area contributed by atoms with Crippen LogP contribution in [0.3, 0.4) is 0 Å².